The first kappa shape index (κ1) is 11.9. The van der Waals surface area contributed by atoms with Crippen molar-refractivity contribution in [1.82, 2.24) is 10.2 Å². The standard InChI is InChI=1S/C12H22N2O2/c1-9(10-7-13-8-10)12(16)14(5-6-15)11-3-2-4-11/h9-11,13,15H,2-8H2,1H3. The van der Waals surface area contributed by atoms with Gasteiger partial charge in [-0.3, -0.25) is 4.79 Å². The zero-order valence-electron chi connectivity index (χ0n) is 9.98. The zero-order valence-corrected chi connectivity index (χ0v) is 9.98. The van der Waals surface area contributed by atoms with Gasteiger partial charge in [0.2, 0.25) is 5.91 Å². The van der Waals surface area contributed by atoms with E-state index >= 15 is 0 Å². The summed E-state index contributed by atoms with van der Waals surface area (Å²) in [5.41, 5.74) is 0. The molecule has 1 aliphatic heterocycles. The summed E-state index contributed by atoms with van der Waals surface area (Å²) in [4.78, 5) is 14.2. The summed E-state index contributed by atoms with van der Waals surface area (Å²) >= 11 is 0. The van der Waals surface area contributed by atoms with Crippen molar-refractivity contribution in [3.05, 3.63) is 0 Å². The summed E-state index contributed by atoms with van der Waals surface area (Å²) in [7, 11) is 0. The fraction of sp³-hybridized carbons (Fsp3) is 0.917. The number of rotatable bonds is 5. The Morgan fingerprint density at radius 1 is 1.50 bits per heavy atom. The van der Waals surface area contributed by atoms with Crippen LogP contribution in [-0.4, -0.2) is 48.2 Å². The highest BCUT2D eigenvalue weighted by molar-refractivity contribution is 5.79. The molecule has 2 aliphatic rings. The highest BCUT2D eigenvalue weighted by Gasteiger charge is 2.35. The Balaban J connectivity index is 1.92. The lowest BCUT2D eigenvalue weighted by Crippen LogP contribution is -2.54. The largest absolute Gasteiger partial charge is 0.395 e. The molecular weight excluding hydrogens is 204 g/mol. The molecule has 92 valence electrons. The van der Waals surface area contributed by atoms with Crippen LogP contribution in [0.1, 0.15) is 26.2 Å². The van der Waals surface area contributed by atoms with Crippen LogP contribution in [0, 0.1) is 11.8 Å². The summed E-state index contributed by atoms with van der Waals surface area (Å²) in [6, 6.07) is 0.398. The van der Waals surface area contributed by atoms with Crippen LogP contribution in [-0.2, 0) is 4.79 Å². The van der Waals surface area contributed by atoms with Crippen molar-refractivity contribution in [2.75, 3.05) is 26.2 Å². The number of carbonyl (C=O) groups is 1. The van der Waals surface area contributed by atoms with Gasteiger partial charge in [0.05, 0.1) is 6.61 Å². The van der Waals surface area contributed by atoms with Gasteiger partial charge in [-0.2, -0.15) is 0 Å². The molecule has 1 atom stereocenters. The summed E-state index contributed by atoms with van der Waals surface area (Å²) in [5, 5.41) is 12.2. The van der Waals surface area contributed by atoms with Crippen LogP contribution >= 0.6 is 0 Å². The summed E-state index contributed by atoms with van der Waals surface area (Å²) in [5.74, 6) is 0.840. The van der Waals surface area contributed by atoms with E-state index in [1.54, 1.807) is 0 Å². The minimum absolute atomic E-state index is 0.0812. The molecule has 1 heterocycles. The molecule has 0 aromatic rings. The fourth-order valence-electron chi connectivity index (χ4n) is 2.41. The van der Waals surface area contributed by atoms with Gasteiger partial charge in [0.1, 0.15) is 0 Å². The Labute approximate surface area is 97.0 Å². The molecule has 4 nitrogen and oxygen atoms in total. The molecule has 0 aromatic heterocycles. The number of hydrogen-bond acceptors (Lipinski definition) is 3. The van der Waals surface area contributed by atoms with Crippen molar-refractivity contribution < 1.29 is 9.90 Å². The van der Waals surface area contributed by atoms with Gasteiger partial charge >= 0.3 is 0 Å². The van der Waals surface area contributed by atoms with E-state index in [0.717, 1.165) is 25.9 Å². The van der Waals surface area contributed by atoms with Gasteiger partial charge in [0.25, 0.3) is 0 Å². The summed E-state index contributed by atoms with van der Waals surface area (Å²) in [6.45, 7) is 4.54. The second-order valence-electron chi connectivity index (χ2n) is 5.05. The molecule has 1 amide bonds. The fourth-order valence-corrected chi connectivity index (χ4v) is 2.41. The van der Waals surface area contributed by atoms with Gasteiger partial charge in [-0.25, -0.2) is 0 Å². The molecule has 1 saturated carbocycles. The molecule has 1 unspecified atom stereocenters. The molecular formula is C12H22N2O2. The number of aliphatic hydroxyl groups excluding tert-OH is 1. The van der Waals surface area contributed by atoms with Gasteiger partial charge in [-0.1, -0.05) is 6.92 Å². The number of nitrogens with one attached hydrogen (secondary N) is 1. The second-order valence-corrected chi connectivity index (χ2v) is 5.05. The smallest absolute Gasteiger partial charge is 0.226 e. The van der Waals surface area contributed by atoms with E-state index in [0.29, 0.717) is 18.5 Å². The minimum Gasteiger partial charge on any atom is -0.395 e. The van der Waals surface area contributed by atoms with Crippen LogP contribution in [0.15, 0.2) is 0 Å². The Hall–Kier alpha value is -0.610. The van der Waals surface area contributed by atoms with Crippen molar-refractivity contribution in [3.8, 4) is 0 Å². The molecule has 1 saturated heterocycles. The number of carbonyl (C=O) groups excluding carboxylic acids is 1. The van der Waals surface area contributed by atoms with Gasteiger partial charge in [-0.05, 0) is 38.3 Å². The predicted octanol–water partition coefficient (Wildman–Crippen LogP) is 0.215. The lowest BCUT2D eigenvalue weighted by Gasteiger charge is -2.41. The lowest BCUT2D eigenvalue weighted by atomic mass is 9.85. The van der Waals surface area contributed by atoms with Crippen LogP contribution in [0.25, 0.3) is 0 Å². The van der Waals surface area contributed by atoms with Crippen LogP contribution in [0.4, 0.5) is 0 Å². The van der Waals surface area contributed by atoms with E-state index < -0.39 is 0 Å². The third kappa shape index (κ3) is 2.23. The second kappa shape index (κ2) is 5.15. The Morgan fingerprint density at radius 2 is 2.19 bits per heavy atom. The van der Waals surface area contributed by atoms with Crippen LogP contribution in [0.2, 0.25) is 0 Å². The Bertz CT molecular complexity index is 249. The third-order valence-corrected chi connectivity index (χ3v) is 4.05. The highest BCUT2D eigenvalue weighted by atomic mass is 16.3. The maximum absolute atomic E-state index is 12.3. The Morgan fingerprint density at radius 3 is 2.56 bits per heavy atom. The zero-order chi connectivity index (χ0) is 11.5. The van der Waals surface area contributed by atoms with Crippen molar-refractivity contribution in [3.63, 3.8) is 0 Å². The molecule has 16 heavy (non-hydrogen) atoms. The Kier molecular flexibility index (Phi) is 3.82. The van der Waals surface area contributed by atoms with Crippen molar-refractivity contribution in [2.24, 2.45) is 11.8 Å². The van der Waals surface area contributed by atoms with Gasteiger partial charge in [-0.15, -0.1) is 0 Å². The topological polar surface area (TPSA) is 52.6 Å². The van der Waals surface area contributed by atoms with E-state index in [2.05, 4.69) is 5.32 Å². The highest BCUT2D eigenvalue weighted by Crippen LogP contribution is 2.28. The minimum atomic E-state index is 0.0812. The SMILES string of the molecule is CC(C(=O)N(CCO)C1CCC1)C1CNC1. The summed E-state index contributed by atoms with van der Waals surface area (Å²) in [6.07, 6.45) is 3.45. The van der Waals surface area contributed by atoms with E-state index in [1.807, 2.05) is 11.8 Å². The first-order valence-electron chi connectivity index (χ1n) is 6.36. The van der Waals surface area contributed by atoms with Crippen molar-refractivity contribution in [1.29, 1.82) is 0 Å². The number of amides is 1. The van der Waals surface area contributed by atoms with E-state index in [4.69, 9.17) is 5.11 Å². The average Bonchev–Trinajstić information content (AvgIpc) is 2.10. The third-order valence-electron chi connectivity index (χ3n) is 4.05. The molecule has 0 radical (unpaired) electrons. The molecule has 0 aromatic carbocycles. The lowest BCUT2D eigenvalue weighted by molar-refractivity contribution is -0.142. The predicted molar refractivity (Wildman–Crippen MR) is 62.0 cm³/mol. The molecule has 0 bridgehead atoms. The average molecular weight is 226 g/mol. The molecule has 2 N–H and O–H groups in total. The molecule has 1 aliphatic carbocycles. The van der Waals surface area contributed by atoms with Crippen LogP contribution in [0.5, 0.6) is 0 Å². The van der Waals surface area contributed by atoms with E-state index in [9.17, 15) is 4.79 Å². The first-order chi connectivity index (χ1) is 7.74. The molecule has 2 fully saturated rings. The quantitative estimate of drug-likeness (QED) is 0.705. The van der Waals surface area contributed by atoms with Crippen LogP contribution < -0.4 is 5.32 Å². The van der Waals surface area contributed by atoms with Gasteiger partial charge < -0.3 is 15.3 Å². The molecule has 4 heteroatoms. The maximum Gasteiger partial charge on any atom is 0.226 e. The maximum atomic E-state index is 12.3. The van der Waals surface area contributed by atoms with E-state index in [-0.39, 0.29) is 18.4 Å². The molecule has 0 spiro atoms. The normalized spacial score (nSPS) is 23.4. The first-order valence-corrected chi connectivity index (χ1v) is 6.36. The van der Waals surface area contributed by atoms with Gasteiger partial charge in [0.15, 0.2) is 0 Å². The molecule has 2 rings (SSSR count). The van der Waals surface area contributed by atoms with Crippen LogP contribution in [0.3, 0.4) is 0 Å². The summed E-state index contributed by atoms with van der Waals surface area (Å²) < 4.78 is 0. The van der Waals surface area contributed by atoms with Gasteiger partial charge in [0, 0.05) is 18.5 Å². The van der Waals surface area contributed by atoms with E-state index in [1.165, 1.54) is 6.42 Å². The monoisotopic (exact) mass is 226 g/mol. The number of nitrogens with zero attached hydrogens (tertiary/aromatic N) is 1. The van der Waals surface area contributed by atoms with Crippen molar-refractivity contribution in [2.45, 2.75) is 32.2 Å². The number of aliphatic hydroxyl groups is 1. The number of hydrogen-bond donors (Lipinski definition) is 2. The van der Waals surface area contributed by atoms with Crippen molar-refractivity contribution >= 4 is 5.91 Å².